The van der Waals surface area contributed by atoms with Gasteiger partial charge < -0.3 is 10.3 Å². The number of rotatable bonds is 2. The summed E-state index contributed by atoms with van der Waals surface area (Å²) < 4.78 is 2.30. The molecule has 0 atom stereocenters. The second-order valence-electron chi connectivity index (χ2n) is 5.40. The molecule has 4 nitrogen and oxygen atoms in total. The summed E-state index contributed by atoms with van der Waals surface area (Å²) in [6.07, 6.45) is 5.07. The fourth-order valence-electron chi connectivity index (χ4n) is 3.07. The highest BCUT2D eigenvalue weighted by molar-refractivity contribution is 7.16. The number of nitrogens with two attached hydrogens (primary N) is 1. The minimum Gasteiger partial charge on any atom is -0.390 e. The molecule has 0 unspecified atom stereocenters. The molecule has 0 bridgehead atoms. The molecule has 2 aromatic rings. The first-order valence-electron chi connectivity index (χ1n) is 6.87. The van der Waals surface area contributed by atoms with E-state index >= 15 is 0 Å². The molecule has 0 spiro atoms. The normalized spacial score (nSPS) is 16.4. The van der Waals surface area contributed by atoms with E-state index in [4.69, 9.17) is 5.73 Å². The minimum absolute atomic E-state index is 0.545. The van der Waals surface area contributed by atoms with E-state index in [1.54, 1.807) is 11.3 Å². The van der Waals surface area contributed by atoms with Crippen molar-refractivity contribution in [2.75, 3.05) is 5.73 Å². The Hall–Kier alpha value is -1.36. The Balaban J connectivity index is 2.15. The van der Waals surface area contributed by atoms with E-state index in [2.05, 4.69) is 28.6 Å². The van der Waals surface area contributed by atoms with Crippen LogP contribution in [0.1, 0.15) is 48.0 Å². The highest BCUT2D eigenvalue weighted by atomic mass is 32.1. The highest BCUT2D eigenvalue weighted by Crippen LogP contribution is 2.40. The lowest BCUT2D eigenvalue weighted by Crippen LogP contribution is -2.09. The number of hydrogen-bond donors (Lipinski definition) is 1. The third kappa shape index (κ3) is 1.96. The molecule has 19 heavy (non-hydrogen) atoms. The van der Waals surface area contributed by atoms with Crippen LogP contribution in [0.3, 0.4) is 0 Å². The molecule has 0 aliphatic heterocycles. The van der Waals surface area contributed by atoms with Crippen LogP contribution in [0.25, 0.3) is 11.4 Å². The summed E-state index contributed by atoms with van der Waals surface area (Å²) in [5.41, 5.74) is 8.53. The number of aromatic nitrogens is 3. The third-order valence-electron chi connectivity index (χ3n) is 4.19. The molecule has 3 rings (SSSR count). The lowest BCUT2D eigenvalue weighted by atomic mass is 10.1. The van der Waals surface area contributed by atoms with Crippen molar-refractivity contribution < 1.29 is 0 Å². The topological polar surface area (TPSA) is 56.7 Å². The van der Waals surface area contributed by atoms with Gasteiger partial charge in [-0.1, -0.05) is 12.8 Å². The zero-order valence-electron chi connectivity index (χ0n) is 11.7. The van der Waals surface area contributed by atoms with Crippen molar-refractivity contribution >= 4 is 16.3 Å². The summed E-state index contributed by atoms with van der Waals surface area (Å²) in [5.74, 6) is 1.97. The molecule has 1 saturated carbocycles. The molecule has 1 aliphatic carbocycles. The van der Waals surface area contributed by atoms with Crippen molar-refractivity contribution in [3.05, 3.63) is 16.3 Å². The lowest BCUT2D eigenvalue weighted by Gasteiger charge is -2.16. The van der Waals surface area contributed by atoms with Crippen LogP contribution in [-0.2, 0) is 0 Å². The van der Waals surface area contributed by atoms with Gasteiger partial charge in [-0.3, -0.25) is 0 Å². The molecule has 0 saturated heterocycles. The SMILES string of the molecule is Cc1sc(N)c(-c2nnc(C)n2C2CCCC2)c1C. The average molecular weight is 276 g/mol. The fraction of sp³-hybridized carbons (Fsp3) is 0.571. The molecular formula is C14H20N4S. The molecular weight excluding hydrogens is 256 g/mol. The van der Waals surface area contributed by atoms with Gasteiger partial charge in [0.05, 0.1) is 10.6 Å². The van der Waals surface area contributed by atoms with Gasteiger partial charge in [-0.2, -0.15) is 0 Å². The molecule has 0 aromatic carbocycles. The smallest absolute Gasteiger partial charge is 0.167 e. The van der Waals surface area contributed by atoms with Gasteiger partial charge in [-0.25, -0.2) is 0 Å². The van der Waals surface area contributed by atoms with Crippen LogP contribution in [0.4, 0.5) is 5.00 Å². The first-order valence-corrected chi connectivity index (χ1v) is 7.68. The predicted octanol–water partition coefficient (Wildman–Crippen LogP) is 3.63. The molecule has 2 aromatic heterocycles. The summed E-state index contributed by atoms with van der Waals surface area (Å²) >= 11 is 1.65. The van der Waals surface area contributed by atoms with Gasteiger partial charge in [0, 0.05) is 10.9 Å². The molecule has 1 aliphatic rings. The average Bonchev–Trinajstić information content (AvgIpc) is 3.03. The second-order valence-corrected chi connectivity index (χ2v) is 6.66. The monoisotopic (exact) mass is 276 g/mol. The Morgan fingerprint density at radius 3 is 2.42 bits per heavy atom. The number of anilines is 1. The predicted molar refractivity (Wildman–Crippen MR) is 79.5 cm³/mol. The van der Waals surface area contributed by atoms with Crippen molar-refractivity contribution in [3.63, 3.8) is 0 Å². The maximum Gasteiger partial charge on any atom is 0.167 e. The zero-order valence-corrected chi connectivity index (χ0v) is 12.5. The van der Waals surface area contributed by atoms with Crippen molar-refractivity contribution in [1.82, 2.24) is 14.8 Å². The highest BCUT2D eigenvalue weighted by Gasteiger charge is 2.25. The number of nitrogens with zero attached hydrogens (tertiary/aromatic N) is 3. The third-order valence-corrected chi connectivity index (χ3v) is 5.23. The van der Waals surface area contributed by atoms with Gasteiger partial charge >= 0.3 is 0 Å². The Labute approximate surface area is 117 Å². The van der Waals surface area contributed by atoms with E-state index in [1.807, 2.05) is 6.92 Å². The zero-order chi connectivity index (χ0) is 13.6. The van der Waals surface area contributed by atoms with Crippen molar-refractivity contribution in [2.45, 2.75) is 52.5 Å². The Kier molecular flexibility index (Phi) is 3.09. The van der Waals surface area contributed by atoms with Crippen LogP contribution in [-0.4, -0.2) is 14.8 Å². The standard InChI is InChI=1S/C14H20N4S/c1-8-9(2)19-13(15)12(8)14-17-16-10(3)18(14)11-6-4-5-7-11/h11H,4-7,15H2,1-3H3. The van der Waals surface area contributed by atoms with E-state index in [1.165, 1.54) is 36.1 Å². The van der Waals surface area contributed by atoms with Crippen LogP contribution in [0.2, 0.25) is 0 Å². The van der Waals surface area contributed by atoms with Crippen LogP contribution in [0, 0.1) is 20.8 Å². The van der Waals surface area contributed by atoms with Gasteiger partial charge in [0.1, 0.15) is 5.82 Å². The van der Waals surface area contributed by atoms with Gasteiger partial charge in [-0.15, -0.1) is 21.5 Å². The summed E-state index contributed by atoms with van der Waals surface area (Å²) in [7, 11) is 0. The first kappa shape index (κ1) is 12.7. The number of aryl methyl sites for hydroxylation is 2. The Morgan fingerprint density at radius 2 is 1.84 bits per heavy atom. The van der Waals surface area contributed by atoms with Crippen molar-refractivity contribution in [2.24, 2.45) is 0 Å². The van der Waals surface area contributed by atoms with E-state index in [9.17, 15) is 0 Å². The van der Waals surface area contributed by atoms with E-state index < -0.39 is 0 Å². The number of thiophene rings is 1. The quantitative estimate of drug-likeness (QED) is 0.911. The summed E-state index contributed by atoms with van der Waals surface area (Å²) in [6.45, 7) is 6.28. The van der Waals surface area contributed by atoms with E-state index in [0.29, 0.717) is 6.04 Å². The van der Waals surface area contributed by atoms with Crippen molar-refractivity contribution in [1.29, 1.82) is 0 Å². The summed E-state index contributed by atoms with van der Waals surface area (Å²) in [4.78, 5) is 1.27. The fourth-order valence-corrected chi connectivity index (χ4v) is 4.00. The Morgan fingerprint density at radius 1 is 1.16 bits per heavy atom. The molecule has 102 valence electrons. The van der Waals surface area contributed by atoms with Crippen LogP contribution < -0.4 is 5.73 Å². The summed E-state index contributed by atoms with van der Waals surface area (Å²) in [5, 5.41) is 9.56. The summed E-state index contributed by atoms with van der Waals surface area (Å²) in [6, 6.07) is 0.545. The van der Waals surface area contributed by atoms with Crippen LogP contribution >= 0.6 is 11.3 Å². The molecule has 0 radical (unpaired) electrons. The largest absolute Gasteiger partial charge is 0.390 e. The van der Waals surface area contributed by atoms with E-state index in [0.717, 1.165) is 22.2 Å². The van der Waals surface area contributed by atoms with Crippen LogP contribution in [0.15, 0.2) is 0 Å². The maximum atomic E-state index is 6.19. The molecule has 0 amide bonds. The molecule has 1 fully saturated rings. The van der Waals surface area contributed by atoms with Crippen molar-refractivity contribution in [3.8, 4) is 11.4 Å². The number of nitrogen functional groups attached to an aromatic ring is 1. The van der Waals surface area contributed by atoms with Gasteiger partial charge in [-0.05, 0) is 39.2 Å². The van der Waals surface area contributed by atoms with Gasteiger partial charge in [0.15, 0.2) is 5.82 Å². The molecule has 5 heteroatoms. The number of hydrogen-bond acceptors (Lipinski definition) is 4. The lowest BCUT2D eigenvalue weighted by molar-refractivity contribution is 0.510. The molecule has 2 N–H and O–H groups in total. The van der Waals surface area contributed by atoms with Gasteiger partial charge in [0.25, 0.3) is 0 Å². The minimum atomic E-state index is 0.545. The second kappa shape index (κ2) is 4.63. The maximum absolute atomic E-state index is 6.19. The van der Waals surface area contributed by atoms with Gasteiger partial charge in [0.2, 0.25) is 0 Å². The van der Waals surface area contributed by atoms with Crippen LogP contribution in [0.5, 0.6) is 0 Å². The first-order chi connectivity index (χ1) is 9.09. The Bertz CT molecular complexity index is 605. The van der Waals surface area contributed by atoms with E-state index in [-0.39, 0.29) is 0 Å². The molecule has 2 heterocycles.